The summed E-state index contributed by atoms with van der Waals surface area (Å²) in [4.78, 5) is 12.0. The lowest BCUT2D eigenvalue weighted by Crippen LogP contribution is -2.15. The van der Waals surface area contributed by atoms with Gasteiger partial charge in [0.2, 0.25) is 0 Å². The number of ether oxygens (including phenoxy) is 1. The summed E-state index contributed by atoms with van der Waals surface area (Å²) in [6.07, 6.45) is 6.36. The van der Waals surface area contributed by atoms with E-state index >= 15 is 0 Å². The van der Waals surface area contributed by atoms with Crippen molar-refractivity contribution < 1.29 is 9.53 Å². The molecule has 2 rings (SSSR count). The van der Waals surface area contributed by atoms with Crippen molar-refractivity contribution in [2.75, 3.05) is 0 Å². The zero-order chi connectivity index (χ0) is 16.1. The number of ketones is 1. The van der Waals surface area contributed by atoms with Crippen molar-refractivity contribution in [2.45, 2.75) is 72.1 Å². The minimum Gasteiger partial charge on any atom is -0.461 e. The first kappa shape index (κ1) is 16.8. The van der Waals surface area contributed by atoms with E-state index in [0.29, 0.717) is 12.3 Å². The third kappa shape index (κ3) is 4.00. The Morgan fingerprint density at radius 1 is 1.23 bits per heavy atom. The molecule has 0 saturated heterocycles. The van der Waals surface area contributed by atoms with Crippen LogP contribution in [-0.4, -0.2) is 5.78 Å². The molecule has 2 heteroatoms. The van der Waals surface area contributed by atoms with E-state index in [-0.39, 0.29) is 5.78 Å². The second-order valence-electron chi connectivity index (χ2n) is 6.57. The largest absolute Gasteiger partial charge is 0.461 e. The topological polar surface area (TPSA) is 26.3 Å². The molecule has 0 bridgehead atoms. The van der Waals surface area contributed by atoms with Gasteiger partial charge in [0.25, 0.3) is 0 Å². The van der Waals surface area contributed by atoms with Crippen LogP contribution >= 0.6 is 0 Å². The van der Waals surface area contributed by atoms with Gasteiger partial charge in [-0.2, -0.15) is 0 Å². The Hall–Kier alpha value is -1.57. The van der Waals surface area contributed by atoms with Gasteiger partial charge in [0.15, 0.2) is 5.78 Å². The van der Waals surface area contributed by atoms with Gasteiger partial charge in [-0.1, -0.05) is 52.2 Å². The highest BCUT2D eigenvalue weighted by atomic mass is 16.5. The van der Waals surface area contributed by atoms with E-state index in [1.54, 1.807) is 6.92 Å². The number of allylic oxidation sites excluding steroid dienone is 2. The lowest BCUT2D eigenvalue weighted by molar-refractivity contribution is -0.113. The number of carbonyl (C=O) groups excluding carboxylic acids is 1. The fraction of sp³-hybridized carbons (Fsp3) is 0.550. The number of unbranched alkanes of at least 4 members (excludes halogenated alkanes) is 3. The first-order chi connectivity index (χ1) is 10.5. The molecule has 0 aliphatic carbocycles. The van der Waals surface area contributed by atoms with E-state index in [0.717, 1.165) is 35.5 Å². The van der Waals surface area contributed by atoms with Crippen molar-refractivity contribution in [3.63, 3.8) is 0 Å². The molecule has 0 fully saturated rings. The number of rotatable bonds is 7. The Balaban J connectivity index is 2.18. The molecule has 120 valence electrons. The molecule has 1 aliphatic rings. The van der Waals surface area contributed by atoms with Crippen LogP contribution in [0.25, 0.3) is 0 Å². The summed E-state index contributed by atoms with van der Waals surface area (Å²) >= 11 is 0. The van der Waals surface area contributed by atoms with Crippen LogP contribution in [0.15, 0.2) is 29.5 Å². The van der Waals surface area contributed by atoms with Gasteiger partial charge < -0.3 is 4.74 Å². The summed E-state index contributed by atoms with van der Waals surface area (Å²) in [7, 11) is 0. The van der Waals surface area contributed by atoms with Gasteiger partial charge in [-0.15, -0.1) is 0 Å². The molecule has 2 nitrogen and oxygen atoms in total. The SMILES string of the molecule is CCCCCCC1=C(C(C)=O)Cc2cc(C(C)C)ccc2O1. The summed E-state index contributed by atoms with van der Waals surface area (Å²) in [6, 6.07) is 6.39. The second kappa shape index (κ2) is 7.62. The third-order valence-corrected chi connectivity index (χ3v) is 4.37. The molecule has 1 aromatic rings. The van der Waals surface area contributed by atoms with Crippen molar-refractivity contribution >= 4 is 5.78 Å². The van der Waals surface area contributed by atoms with Crippen molar-refractivity contribution in [2.24, 2.45) is 0 Å². The average molecular weight is 300 g/mol. The first-order valence-electron chi connectivity index (χ1n) is 8.56. The zero-order valence-corrected chi connectivity index (χ0v) is 14.4. The Kier molecular flexibility index (Phi) is 5.82. The van der Waals surface area contributed by atoms with Crippen LogP contribution in [0.4, 0.5) is 0 Å². The summed E-state index contributed by atoms with van der Waals surface area (Å²) in [5.74, 6) is 2.46. The van der Waals surface area contributed by atoms with Crippen LogP contribution in [0.2, 0.25) is 0 Å². The van der Waals surface area contributed by atoms with Crippen molar-refractivity contribution in [1.29, 1.82) is 0 Å². The van der Waals surface area contributed by atoms with Crippen molar-refractivity contribution in [1.82, 2.24) is 0 Å². The maximum absolute atomic E-state index is 12.0. The molecule has 1 aromatic carbocycles. The summed E-state index contributed by atoms with van der Waals surface area (Å²) in [6.45, 7) is 8.24. The summed E-state index contributed by atoms with van der Waals surface area (Å²) in [5.41, 5.74) is 3.32. The molecular weight excluding hydrogens is 272 g/mol. The van der Waals surface area contributed by atoms with Crippen LogP contribution in [0.1, 0.15) is 76.8 Å². The maximum atomic E-state index is 12.0. The molecule has 0 unspecified atom stereocenters. The lowest BCUT2D eigenvalue weighted by Gasteiger charge is -2.23. The number of hydrogen-bond acceptors (Lipinski definition) is 2. The van der Waals surface area contributed by atoms with E-state index in [4.69, 9.17) is 4.74 Å². The summed E-state index contributed by atoms with van der Waals surface area (Å²) in [5, 5.41) is 0. The second-order valence-corrected chi connectivity index (χ2v) is 6.57. The third-order valence-electron chi connectivity index (χ3n) is 4.37. The van der Waals surface area contributed by atoms with Gasteiger partial charge in [0, 0.05) is 18.4 Å². The predicted molar refractivity (Wildman–Crippen MR) is 91.3 cm³/mol. The minimum absolute atomic E-state index is 0.145. The number of benzene rings is 1. The Morgan fingerprint density at radius 3 is 2.64 bits per heavy atom. The highest BCUT2D eigenvalue weighted by Crippen LogP contribution is 2.34. The van der Waals surface area contributed by atoms with E-state index in [1.807, 2.05) is 0 Å². The monoisotopic (exact) mass is 300 g/mol. The number of Topliss-reactive ketones (excluding diaryl/α,β-unsaturated/α-hetero) is 1. The van der Waals surface area contributed by atoms with Gasteiger partial charge in [-0.25, -0.2) is 0 Å². The molecular formula is C20H28O2. The van der Waals surface area contributed by atoms with Gasteiger partial charge >= 0.3 is 0 Å². The maximum Gasteiger partial charge on any atom is 0.159 e. The first-order valence-corrected chi connectivity index (χ1v) is 8.56. The van der Waals surface area contributed by atoms with Gasteiger partial charge in [0.1, 0.15) is 11.5 Å². The highest BCUT2D eigenvalue weighted by Gasteiger charge is 2.22. The normalized spacial score (nSPS) is 14.0. The van der Waals surface area contributed by atoms with Crippen molar-refractivity contribution in [3.8, 4) is 5.75 Å². The predicted octanol–water partition coefficient (Wildman–Crippen LogP) is 5.56. The summed E-state index contributed by atoms with van der Waals surface area (Å²) < 4.78 is 6.08. The molecule has 1 aliphatic heterocycles. The Bertz CT molecular complexity index is 567. The molecule has 0 saturated carbocycles. The van der Waals surface area contributed by atoms with E-state index in [2.05, 4.69) is 39.0 Å². The van der Waals surface area contributed by atoms with Crippen LogP contribution in [0, 0.1) is 0 Å². The Morgan fingerprint density at radius 2 is 2.00 bits per heavy atom. The molecule has 0 aromatic heterocycles. The molecule has 0 N–H and O–H groups in total. The van der Waals surface area contributed by atoms with E-state index in [9.17, 15) is 4.79 Å². The quantitative estimate of drug-likeness (QED) is 0.616. The number of carbonyl (C=O) groups is 1. The van der Waals surface area contributed by atoms with Gasteiger partial charge in [-0.05, 0) is 36.5 Å². The number of fused-ring (bicyclic) bond motifs is 1. The standard InChI is InChI=1S/C20H28O2/c1-5-6-7-8-9-20-18(15(4)21)13-17-12-16(14(2)3)10-11-19(17)22-20/h10-12,14H,5-9,13H2,1-4H3. The molecule has 22 heavy (non-hydrogen) atoms. The zero-order valence-electron chi connectivity index (χ0n) is 14.4. The molecule has 0 atom stereocenters. The molecule has 0 radical (unpaired) electrons. The Labute approximate surface area is 134 Å². The molecule has 1 heterocycles. The molecule has 0 spiro atoms. The van der Waals surface area contributed by atoms with Crippen LogP contribution in [0.5, 0.6) is 5.75 Å². The lowest BCUT2D eigenvalue weighted by atomic mass is 9.92. The highest BCUT2D eigenvalue weighted by molar-refractivity contribution is 5.94. The van der Waals surface area contributed by atoms with Gasteiger partial charge in [-0.3, -0.25) is 4.79 Å². The van der Waals surface area contributed by atoms with E-state index < -0.39 is 0 Å². The van der Waals surface area contributed by atoms with Crippen LogP contribution in [0.3, 0.4) is 0 Å². The van der Waals surface area contributed by atoms with Crippen LogP contribution < -0.4 is 4.74 Å². The fourth-order valence-electron chi connectivity index (χ4n) is 2.91. The number of hydrogen-bond donors (Lipinski definition) is 0. The average Bonchev–Trinajstić information content (AvgIpc) is 2.50. The van der Waals surface area contributed by atoms with Crippen LogP contribution in [-0.2, 0) is 11.2 Å². The smallest absolute Gasteiger partial charge is 0.159 e. The van der Waals surface area contributed by atoms with E-state index in [1.165, 1.54) is 24.8 Å². The van der Waals surface area contributed by atoms with Gasteiger partial charge in [0.05, 0.1) is 0 Å². The minimum atomic E-state index is 0.145. The fourth-order valence-corrected chi connectivity index (χ4v) is 2.91. The molecule has 0 amide bonds. The van der Waals surface area contributed by atoms with Crippen molar-refractivity contribution in [3.05, 3.63) is 40.7 Å².